The molecule has 0 aliphatic carbocycles. The molecule has 0 spiro atoms. The lowest BCUT2D eigenvalue weighted by atomic mass is 10.0. The minimum Gasteiger partial charge on any atom is -0.337 e. The Bertz CT molecular complexity index is 465. The second-order valence-corrected chi connectivity index (χ2v) is 6.85. The Morgan fingerprint density at radius 2 is 2.22 bits per heavy atom. The second kappa shape index (κ2) is 6.68. The van der Waals surface area contributed by atoms with Gasteiger partial charge in [0.1, 0.15) is 5.82 Å². The van der Waals surface area contributed by atoms with E-state index in [4.69, 9.17) is 0 Å². The van der Waals surface area contributed by atoms with E-state index in [-0.39, 0.29) is 5.03 Å². The first-order valence-electron chi connectivity index (χ1n) is 5.96. The molecule has 0 amide bonds. The van der Waals surface area contributed by atoms with Crippen molar-refractivity contribution in [2.75, 3.05) is 11.9 Å². The Balaban J connectivity index is 2.70. The SMILES string of the molecule is CCC(CCBr)CNS(=O)(=O)c1cn(C)c(C)n1. The summed E-state index contributed by atoms with van der Waals surface area (Å²) >= 11 is 3.38. The van der Waals surface area contributed by atoms with Crippen molar-refractivity contribution in [3.63, 3.8) is 0 Å². The molecular weight excluding hydrogens is 318 g/mol. The van der Waals surface area contributed by atoms with Crippen LogP contribution in [0.15, 0.2) is 11.2 Å². The van der Waals surface area contributed by atoms with Crippen LogP contribution >= 0.6 is 15.9 Å². The Hall–Kier alpha value is -0.400. The molecule has 1 unspecified atom stereocenters. The van der Waals surface area contributed by atoms with Gasteiger partial charge in [-0.2, -0.15) is 0 Å². The van der Waals surface area contributed by atoms with E-state index in [1.54, 1.807) is 18.5 Å². The van der Waals surface area contributed by atoms with Crippen LogP contribution in [0.3, 0.4) is 0 Å². The summed E-state index contributed by atoms with van der Waals surface area (Å²) in [7, 11) is -1.70. The third-order valence-corrected chi connectivity index (χ3v) is 4.77. The average Bonchev–Trinajstić information content (AvgIpc) is 2.66. The predicted molar refractivity (Wildman–Crippen MR) is 75.3 cm³/mol. The normalized spacial score (nSPS) is 13.8. The maximum absolute atomic E-state index is 12.0. The third-order valence-electron chi connectivity index (χ3n) is 3.02. The highest BCUT2D eigenvalue weighted by Crippen LogP contribution is 2.12. The van der Waals surface area contributed by atoms with Crippen LogP contribution in [-0.4, -0.2) is 29.8 Å². The first-order valence-corrected chi connectivity index (χ1v) is 8.56. The van der Waals surface area contributed by atoms with E-state index in [0.717, 1.165) is 18.2 Å². The molecule has 18 heavy (non-hydrogen) atoms. The molecule has 0 bridgehead atoms. The number of hydrogen-bond acceptors (Lipinski definition) is 3. The van der Waals surface area contributed by atoms with Gasteiger partial charge in [0.05, 0.1) is 0 Å². The van der Waals surface area contributed by atoms with E-state index in [9.17, 15) is 8.42 Å². The molecule has 1 heterocycles. The van der Waals surface area contributed by atoms with Crippen LogP contribution in [0.4, 0.5) is 0 Å². The number of nitrogens with zero attached hydrogens (tertiary/aromatic N) is 2. The molecule has 7 heteroatoms. The molecule has 0 saturated carbocycles. The molecule has 0 aliphatic heterocycles. The first-order chi connectivity index (χ1) is 8.40. The summed E-state index contributed by atoms with van der Waals surface area (Å²) in [6, 6.07) is 0. The highest BCUT2D eigenvalue weighted by molar-refractivity contribution is 9.09. The van der Waals surface area contributed by atoms with E-state index in [0.29, 0.717) is 18.3 Å². The van der Waals surface area contributed by atoms with Crippen molar-refractivity contribution in [1.29, 1.82) is 0 Å². The summed E-state index contributed by atoms with van der Waals surface area (Å²) < 4.78 is 28.4. The lowest BCUT2D eigenvalue weighted by molar-refractivity contribution is 0.482. The standard InChI is InChI=1S/C11H20BrN3O2S/c1-4-10(5-6-12)7-13-18(16,17)11-8-15(3)9(2)14-11/h8,10,13H,4-7H2,1-3H3. The Kier molecular flexibility index (Phi) is 5.81. The molecule has 104 valence electrons. The van der Waals surface area contributed by atoms with Crippen LogP contribution in [-0.2, 0) is 17.1 Å². The topological polar surface area (TPSA) is 64.0 Å². The molecule has 1 rings (SSSR count). The number of rotatable bonds is 7. The lowest BCUT2D eigenvalue weighted by Crippen LogP contribution is -2.29. The first kappa shape index (κ1) is 15.7. The Labute approximate surface area is 117 Å². The van der Waals surface area contributed by atoms with Gasteiger partial charge in [-0.3, -0.25) is 0 Å². The highest BCUT2D eigenvalue weighted by atomic mass is 79.9. The van der Waals surface area contributed by atoms with Crippen molar-refractivity contribution < 1.29 is 8.42 Å². The summed E-state index contributed by atoms with van der Waals surface area (Å²) in [5.74, 6) is 1.03. The maximum Gasteiger partial charge on any atom is 0.259 e. The van der Waals surface area contributed by atoms with Crippen molar-refractivity contribution in [2.45, 2.75) is 31.7 Å². The van der Waals surface area contributed by atoms with E-state index in [1.807, 2.05) is 0 Å². The van der Waals surface area contributed by atoms with Gasteiger partial charge in [-0.15, -0.1) is 0 Å². The van der Waals surface area contributed by atoms with E-state index in [1.165, 1.54) is 6.20 Å². The summed E-state index contributed by atoms with van der Waals surface area (Å²) in [4.78, 5) is 4.03. The quantitative estimate of drug-likeness (QED) is 0.772. The number of halogens is 1. The monoisotopic (exact) mass is 337 g/mol. The molecule has 1 atom stereocenters. The van der Waals surface area contributed by atoms with Gasteiger partial charge in [0.2, 0.25) is 0 Å². The summed E-state index contributed by atoms with van der Waals surface area (Å²) in [6.07, 6.45) is 3.44. The molecule has 1 N–H and O–H groups in total. The number of sulfonamides is 1. The van der Waals surface area contributed by atoms with Gasteiger partial charge in [0, 0.05) is 25.1 Å². The smallest absolute Gasteiger partial charge is 0.259 e. The Morgan fingerprint density at radius 3 is 2.67 bits per heavy atom. The van der Waals surface area contributed by atoms with Crippen molar-refractivity contribution in [1.82, 2.24) is 14.3 Å². The van der Waals surface area contributed by atoms with Crippen LogP contribution in [0.5, 0.6) is 0 Å². The van der Waals surface area contributed by atoms with E-state index >= 15 is 0 Å². The van der Waals surface area contributed by atoms with E-state index < -0.39 is 10.0 Å². The lowest BCUT2D eigenvalue weighted by Gasteiger charge is -2.13. The van der Waals surface area contributed by atoms with Crippen molar-refractivity contribution in [3.05, 3.63) is 12.0 Å². The number of imidazole rings is 1. The maximum atomic E-state index is 12.0. The van der Waals surface area contributed by atoms with Crippen LogP contribution < -0.4 is 4.72 Å². The summed E-state index contributed by atoms with van der Waals surface area (Å²) in [6.45, 7) is 4.30. The zero-order valence-electron chi connectivity index (χ0n) is 11.0. The molecule has 0 aromatic carbocycles. The second-order valence-electron chi connectivity index (χ2n) is 4.34. The van der Waals surface area contributed by atoms with Gasteiger partial charge in [-0.05, 0) is 19.3 Å². The molecule has 1 aromatic heterocycles. The summed E-state index contributed by atoms with van der Waals surface area (Å²) in [5, 5.41) is 0.979. The molecule has 1 aromatic rings. The number of aryl methyl sites for hydroxylation is 2. The van der Waals surface area contributed by atoms with Crippen LogP contribution in [0.1, 0.15) is 25.6 Å². The van der Waals surface area contributed by atoms with Crippen LogP contribution in [0.2, 0.25) is 0 Å². The van der Waals surface area contributed by atoms with Gasteiger partial charge in [0.25, 0.3) is 10.0 Å². The zero-order chi connectivity index (χ0) is 13.8. The fourth-order valence-electron chi connectivity index (χ4n) is 1.56. The summed E-state index contributed by atoms with van der Waals surface area (Å²) in [5.41, 5.74) is 0. The molecule has 0 saturated heterocycles. The van der Waals surface area contributed by atoms with Crippen molar-refractivity contribution in [2.24, 2.45) is 13.0 Å². The van der Waals surface area contributed by atoms with Gasteiger partial charge in [-0.1, -0.05) is 29.3 Å². The van der Waals surface area contributed by atoms with Gasteiger partial charge >= 0.3 is 0 Å². The fraction of sp³-hybridized carbons (Fsp3) is 0.727. The minimum atomic E-state index is -3.48. The van der Waals surface area contributed by atoms with Crippen molar-refractivity contribution in [3.8, 4) is 0 Å². The van der Waals surface area contributed by atoms with Crippen LogP contribution in [0.25, 0.3) is 0 Å². The highest BCUT2D eigenvalue weighted by Gasteiger charge is 2.19. The predicted octanol–water partition coefficient (Wildman–Crippen LogP) is 1.82. The Morgan fingerprint density at radius 1 is 1.56 bits per heavy atom. The number of aromatic nitrogens is 2. The molecule has 0 aliphatic rings. The third kappa shape index (κ3) is 4.07. The number of nitrogens with one attached hydrogen (secondary N) is 1. The average molecular weight is 338 g/mol. The van der Waals surface area contributed by atoms with Gasteiger partial charge < -0.3 is 4.57 Å². The van der Waals surface area contributed by atoms with Crippen LogP contribution in [0, 0.1) is 12.8 Å². The number of hydrogen-bond donors (Lipinski definition) is 1. The van der Waals surface area contributed by atoms with Gasteiger partial charge in [-0.25, -0.2) is 18.1 Å². The molecule has 5 nitrogen and oxygen atoms in total. The van der Waals surface area contributed by atoms with Gasteiger partial charge in [0.15, 0.2) is 5.03 Å². The van der Waals surface area contributed by atoms with E-state index in [2.05, 4.69) is 32.6 Å². The molecule has 0 fully saturated rings. The van der Waals surface area contributed by atoms with Crippen molar-refractivity contribution >= 4 is 26.0 Å². The number of alkyl halides is 1. The fourth-order valence-corrected chi connectivity index (χ4v) is 3.36. The minimum absolute atomic E-state index is 0.0937. The largest absolute Gasteiger partial charge is 0.337 e. The zero-order valence-corrected chi connectivity index (χ0v) is 13.4. The molecular formula is C11H20BrN3O2S. The molecule has 0 radical (unpaired) electrons.